The van der Waals surface area contributed by atoms with Crippen LogP contribution in [0.25, 0.3) is 0 Å². The van der Waals surface area contributed by atoms with Crippen LogP contribution >= 0.6 is 0 Å². The first kappa shape index (κ1) is 19.9. The van der Waals surface area contributed by atoms with Crippen LogP contribution in [0.3, 0.4) is 0 Å². The maximum absolute atomic E-state index is 13.2. The summed E-state index contributed by atoms with van der Waals surface area (Å²) in [5.41, 5.74) is 2.04. The van der Waals surface area contributed by atoms with Crippen molar-refractivity contribution in [2.24, 2.45) is 0 Å². The Balaban J connectivity index is 1.40. The molecule has 0 spiro atoms. The highest BCUT2D eigenvalue weighted by Crippen LogP contribution is 2.33. The van der Waals surface area contributed by atoms with Gasteiger partial charge in [0, 0.05) is 12.2 Å². The van der Waals surface area contributed by atoms with Crippen molar-refractivity contribution in [1.29, 1.82) is 0 Å². The van der Waals surface area contributed by atoms with Crippen LogP contribution in [0.15, 0.2) is 77.7 Å². The topological polar surface area (TPSA) is 75.7 Å². The molecule has 0 atom stereocenters. The number of fused-ring (bicyclic) bond motifs is 1. The van der Waals surface area contributed by atoms with E-state index in [1.54, 1.807) is 12.1 Å². The van der Waals surface area contributed by atoms with Crippen molar-refractivity contribution >= 4 is 27.3 Å². The molecule has 3 aromatic rings. The first-order valence-electron chi connectivity index (χ1n) is 9.32. The van der Waals surface area contributed by atoms with Crippen LogP contribution in [0.2, 0.25) is 0 Å². The lowest BCUT2D eigenvalue weighted by Gasteiger charge is -2.19. The van der Waals surface area contributed by atoms with Gasteiger partial charge in [-0.05, 0) is 60.5 Å². The van der Waals surface area contributed by atoms with Crippen LogP contribution in [-0.2, 0) is 21.2 Å². The zero-order valence-corrected chi connectivity index (χ0v) is 16.7. The van der Waals surface area contributed by atoms with Crippen molar-refractivity contribution < 1.29 is 22.3 Å². The van der Waals surface area contributed by atoms with Crippen LogP contribution in [0.4, 0.5) is 15.8 Å². The number of sulfonamides is 1. The molecule has 0 aromatic heterocycles. The third-order valence-corrected chi connectivity index (χ3v) is 6.56. The van der Waals surface area contributed by atoms with Crippen molar-refractivity contribution in [3.05, 3.63) is 84.2 Å². The number of carbonyl (C=O) groups excluding carboxylic acids is 1. The van der Waals surface area contributed by atoms with E-state index < -0.39 is 21.7 Å². The molecule has 0 radical (unpaired) electrons. The van der Waals surface area contributed by atoms with Gasteiger partial charge in [0.25, 0.3) is 15.9 Å². The van der Waals surface area contributed by atoms with E-state index in [4.69, 9.17) is 4.74 Å². The number of benzene rings is 3. The lowest BCUT2D eigenvalue weighted by molar-refractivity contribution is -0.118. The fourth-order valence-corrected chi connectivity index (χ4v) is 4.81. The van der Waals surface area contributed by atoms with Crippen LogP contribution in [0, 0.1) is 5.82 Å². The average Bonchev–Trinajstić information content (AvgIpc) is 3.18. The maximum Gasteiger partial charge on any atom is 0.264 e. The van der Waals surface area contributed by atoms with Gasteiger partial charge in [0.2, 0.25) is 0 Å². The summed E-state index contributed by atoms with van der Waals surface area (Å²) in [5, 5.41) is 2.53. The van der Waals surface area contributed by atoms with Gasteiger partial charge in [0.05, 0.1) is 10.6 Å². The van der Waals surface area contributed by atoms with E-state index in [-0.39, 0.29) is 11.5 Å². The molecule has 30 heavy (non-hydrogen) atoms. The number of hydrogen-bond donors (Lipinski definition) is 1. The molecule has 3 aromatic carbocycles. The number of nitrogens with one attached hydrogen (secondary N) is 1. The summed E-state index contributed by atoms with van der Waals surface area (Å²) in [4.78, 5) is 12.1. The van der Waals surface area contributed by atoms with E-state index in [1.165, 1.54) is 46.8 Å². The molecular weight excluding hydrogens is 407 g/mol. The molecule has 154 valence electrons. The van der Waals surface area contributed by atoms with Gasteiger partial charge in [0.1, 0.15) is 11.6 Å². The second kappa shape index (κ2) is 8.16. The Kier molecular flexibility index (Phi) is 5.41. The van der Waals surface area contributed by atoms with Crippen molar-refractivity contribution in [3.8, 4) is 5.75 Å². The molecule has 8 heteroatoms. The number of halogens is 1. The van der Waals surface area contributed by atoms with Crippen LogP contribution < -0.4 is 14.4 Å². The standard InChI is InChI=1S/C22H19FN2O4S/c23-17-5-3-6-18(14-17)24-22(26)15-29-19-8-10-20(11-9-19)30(27,28)25-13-12-16-4-1-2-7-21(16)25/h1-11,14H,12-13,15H2,(H,24,26). The third kappa shape index (κ3) is 4.13. The van der Waals surface area contributed by atoms with Crippen molar-refractivity contribution in [3.63, 3.8) is 0 Å². The number of rotatable bonds is 6. The van der Waals surface area contributed by atoms with Gasteiger partial charge >= 0.3 is 0 Å². The van der Waals surface area contributed by atoms with E-state index in [0.717, 1.165) is 5.56 Å². The third-order valence-electron chi connectivity index (χ3n) is 4.73. The number of amides is 1. The van der Waals surface area contributed by atoms with Crippen LogP contribution in [0.5, 0.6) is 5.75 Å². The summed E-state index contributed by atoms with van der Waals surface area (Å²) >= 11 is 0. The molecule has 1 amide bonds. The molecule has 4 rings (SSSR count). The molecule has 1 aliphatic heterocycles. The largest absolute Gasteiger partial charge is 0.484 e. The van der Waals surface area contributed by atoms with Gasteiger partial charge in [-0.1, -0.05) is 24.3 Å². The molecule has 0 aliphatic carbocycles. The molecule has 1 aliphatic rings. The Morgan fingerprint density at radius 1 is 1.03 bits per heavy atom. The minimum Gasteiger partial charge on any atom is -0.484 e. The van der Waals surface area contributed by atoms with E-state index in [1.807, 2.05) is 18.2 Å². The van der Waals surface area contributed by atoms with E-state index in [9.17, 15) is 17.6 Å². The lowest BCUT2D eigenvalue weighted by atomic mass is 10.2. The average molecular weight is 426 g/mol. The van der Waals surface area contributed by atoms with E-state index >= 15 is 0 Å². The molecule has 0 saturated heterocycles. The predicted octanol–water partition coefficient (Wildman–Crippen LogP) is 3.59. The van der Waals surface area contributed by atoms with Crippen LogP contribution in [0.1, 0.15) is 5.56 Å². The van der Waals surface area contributed by atoms with Gasteiger partial charge in [-0.2, -0.15) is 0 Å². The molecule has 0 fully saturated rings. The molecule has 1 heterocycles. The van der Waals surface area contributed by atoms with Crippen molar-refractivity contribution in [2.45, 2.75) is 11.3 Å². The van der Waals surface area contributed by atoms with Gasteiger partial charge in [-0.15, -0.1) is 0 Å². The summed E-state index contributed by atoms with van der Waals surface area (Å²) in [5.74, 6) is -0.553. The number of ether oxygens (including phenoxy) is 1. The Labute approximate surface area is 174 Å². The maximum atomic E-state index is 13.2. The quantitative estimate of drug-likeness (QED) is 0.654. The van der Waals surface area contributed by atoms with Crippen molar-refractivity contribution in [1.82, 2.24) is 0 Å². The summed E-state index contributed by atoms with van der Waals surface area (Å²) in [6.07, 6.45) is 0.678. The molecular formula is C22H19FN2O4S. The smallest absolute Gasteiger partial charge is 0.264 e. The molecule has 0 unspecified atom stereocenters. The van der Waals surface area contributed by atoms with Gasteiger partial charge in [-0.3, -0.25) is 9.10 Å². The van der Waals surface area contributed by atoms with Crippen LogP contribution in [-0.4, -0.2) is 27.5 Å². The molecule has 6 nitrogen and oxygen atoms in total. The van der Waals surface area contributed by atoms with Gasteiger partial charge in [0.15, 0.2) is 6.61 Å². The fraction of sp³-hybridized carbons (Fsp3) is 0.136. The fourth-order valence-electron chi connectivity index (χ4n) is 3.30. The first-order chi connectivity index (χ1) is 14.4. The SMILES string of the molecule is O=C(COc1ccc(S(=O)(=O)N2CCc3ccccc32)cc1)Nc1cccc(F)c1. The Bertz CT molecular complexity index is 1180. The Morgan fingerprint density at radius 3 is 2.57 bits per heavy atom. The second-order valence-electron chi connectivity index (χ2n) is 6.77. The highest BCUT2D eigenvalue weighted by atomic mass is 32.2. The van der Waals surface area contributed by atoms with Gasteiger partial charge < -0.3 is 10.1 Å². The number of carbonyl (C=O) groups is 1. The summed E-state index contributed by atoms with van der Waals surface area (Å²) in [6, 6.07) is 18.9. The van der Waals surface area contributed by atoms with Gasteiger partial charge in [-0.25, -0.2) is 12.8 Å². The number of hydrogen-bond acceptors (Lipinski definition) is 4. The molecule has 1 N–H and O–H groups in total. The Morgan fingerprint density at radius 2 is 1.80 bits per heavy atom. The highest BCUT2D eigenvalue weighted by molar-refractivity contribution is 7.92. The normalized spacial score (nSPS) is 13.0. The summed E-state index contributed by atoms with van der Waals surface area (Å²) in [7, 11) is -3.68. The number of anilines is 2. The molecule has 0 bridgehead atoms. The molecule has 0 saturated carbocycles. The summed E-state index contributed by atoms with van der Waals surface area (Å²) < 4.78 is 46.0. The highest BCUT2D eigenvalue weighted by Gasteiger charge is 2.30. The second-order valence-corrected chi connectivity index (χ2v) is 8.64. The Hall–Kier alpha value is -3.39. The number of nitrogens with zero attached hydrogens (tertiary/aromatic N) is 1. The monoisotopic (exact) mass is 426 g/mol. The van der Waals surface area contributed by atoms with Crippen molar-refractivity contribution in [2.75, 3.05) is 22.8 Å². The summed E-state index contributed by atoms with van der Waals surface area (Å²) in [6.45, 7) is 0.113. The first-order valence-corrected chi connectivity index (χ1v) is 10.8. The zero-order valence-electron chi connectivity index (χ0n) is 15.9. The minimum atomic E-state index is -3.68. The lowest BCUT2D eigenvalue weighted by Crippen LogP contribution is -2.29. The number of para-hydroxylation sites is 1. The minimum absolute atomic E-state index is 0.149. The van der Waals surface area contributed by atoms with E-state index in [0.29, 0.717) is 30.1 Å². The van der Waals surface area contributed by atoms with E-state index in [2.05, 4.69) is 5.32 Å². The zero-order chi connectivity index (χ0) is 21.1. The predicted molar refractivity (Wildman–Crippen MR) is 112 cm³/mol.